The summed E-state index contributed by atoms with van der Waals surface area (Å²) in [6.07, 6.45) is 3.70. The van der Waals surface area contributed by atoms with Crippen molar-refractivity contribution in [3.63, 3.8) is 0 Å². The van der Waals surface area contributed by atoms with Crippen LogP contribution in [-0.2, 0) is 11.3 Å². The number of carbonyl (C=O) groups is 2. The Morgan fingerprint density at radius 2 is 2.11 bits per heavy atom. The number of carboxylic acids is 1. The predicted molar refractivity (Wildman–Crippen MR) is 67.3 cm³/mol. The maximum atomic E-state index is 11.8. The Hall–Kier alpha value is -1.84. The summed E-state index contributed by atoms with van der Waals surface area (Å²) >= 11 is 0. The van der Waals surface area contributed by atoms with Crippen LogP contribution < -0.4 is 0 Å². The van der Waals surface area contributed by atoms with Crippen molar-refractivity contribution in [1.82, 2.24) is 4.90 Å². The highest BCUT2D eigenvalue weighted by atomic mass is 16.4. The van der Waals surface area contributed by atoms with Crippen LogP contribution >= 0.6 is 0 Å². The third-order valence-electron chi connectivity index (χ3n) is 3.22. The van der Waals surface area contributed by atoms with E-state index in [1.165, 1.54) is 0 Å². The van der Waals surface area contributed by atoms with Crippen molar-refractivity contribution in [2.45, 2.75) is 32.2 Å². The minimum atomic E-state index is -0.931. The molecule has 1 aromatic carbocycles. The minimum Gasteiger partial charge on any atom is -0.478 e. The van der Waals surface area contributed by atoms with E-state index in [9.17, 15) is 9.59 Å². The zero-order valence-corrected chi connectivity index (χ0v) is 10.3. The average molecular weight is 247 g/mol. The van der Waals surface area contributed by atoms with Gasteiger partial charge in [0.15, 0.2) is 0 Å². The number of benzene rings is 1. The Labute approximate surface area is 106 Å². The Morgan fingerprint density at radius 1 is 1.28 bits per heavy atom. The van der Waals surface area contributed by atoms with Crippen LogP contribution in [0.1, 0.15) is 41.6 Å². The zero-order valence-electron chi connectivity index (χ0n) is 10.3. The van der Waals surface area contributed by atoms with Gasteiger partial charge in [-0.15, -0.1) is 0 Å². The summed E-state index contributed by atoms with van der Waals surface area (Å²) in [5.41, 5.74) is 1.15. The summed E-state index contributed by atoms with van der Waals surface area (Å²) in [5.74, 6) is -0.757. The third-order valence-corrected chi connectivity index (χ3v) is 3.22. The molecule has 1 saturated heterocycles. The van der Waals surface area contributed by atoms with Crippen LogP contribution in [0.4, 0.5) is 0 Å². The van der Waals surface area contributed by atoms with Gasteiger partial charge in [0.05, 0.1) is 5.56 Å². The molecule has 1 aliphatic heterocycles. The summed E-state index contributed by atoms with van der Waals surface area (Å²) in [6, 6.07) is 6.79. The Bertz CT molecular complexity index is 456. The quantitative estimate of drug-likeness (QED) is 0.891. The van der Waals surface area contributed by atoms with Gasteiger partial charge in [0.2, 0.25) is 5.91 Å². The number of rotatable bonds is 3. The van der Waals surface area contributed by atoms with Crippen LogP contribution in [0.3, 0.4) is 0 Å². The molecule has 1 amide bonds. The van der Waals surface area contributed by atoms with E-state index in [0.717, 1.165) is 31.4 Å². The summed E-state index contributed by atoms with van der Waals surface area (Å²) < 4.78 is 0. The van der Waals surface area contributed by atoms with E-state index in [2.05, 4.69) is 0 Å². The lowest BCUT2D eigenvalue weighted by molar-refractivity contribution is -0.131. The number of amides is 1. The maximum Gasteiger partial charge on any atom is 0.335 e. The first-order chi connectivity index (χ1) is 8.66. The van der Waals surface area contributed by atoms with Crippen LogP contribution in [0.25, 0.3) is 0 Å². The van der Waals surface area contributed by atoms with Gasteiger partial charge >= 0.3 is 5.97 Å². The molecule has 0 saturated carbocycles. The van der Waals surface area contributed by atoms with Gasteiger partial charge in [0, 0.05) is 19.5 Å². The van der Waals surface area contributed by atoms with Crippen LogP contribution in [0.5, 0.6) is 0 Å². The highest BCUT2D eigenvalue weighted by Gasteiger charge is 2.16. The molecule has 1 heterocycles. The number of carboxylic acid groups (broad SMARTS) is 1. The molecule has 0 aliphatic carbocycles. The van der Waals surface area contributed by atoms with Gasteiger partial charge in [-0.3, -0.25) is 4.79 Å². The lowest BCUT2D eigenvalue weighted by Gasteiger charge is -2.20. The molecule has 0 bridgehead atoms. The highest BCUT2D eigenvalue weighted by molar-refractivity contribution is 5.87. The van der Waals surface area contributed by atoms with Gasteiger partial charge in [-0.2, -0.15) is 0 Å². The Morgan fingerprint density at radius 3 is 2.89 bits per heavy atom. The lowest BCUT2D eigenvalue weighted by atomic mass is 10.1. The number of nitrogens with zero attached hydrogens (tertiary/aromatic N) is 1. The summed E-state index contributed by atoms with van der Waals surface area (Å²) in [7, 11) is 0. The number of hydrogen-bond acceptors (Lipinski definition) is 2. The Kier molecular flexibility index (Phi) is 3.97. The molecule has 96 valence electrons. The van der Waals surface area contributed by atoms with Gasteiger partial charge in [-0.1, -0.05) is 18.6 Å². The SMILES string of the molecule is O=C(O)c1cccc(CN2CCCCCC2=O)c1. The topological polar surface area (TPSA) is 57.6 Å². The molecular weight excluding hydrogens is 230 g/mol. The second-order valence-electron chi connectivity index (χ2n) is 4.63. The molecule has 0 spiro atoms. The van der Waals surface area contributed by atoms with E-state index in [4.69, 9.17) is 5.11 Å². The predicted octanol–water partition coefficient (Wildman–Crippen LogP) is 2.29. The van der Waals surface area contributed by atoms with Crippen molar-refractivity contribution in [2.75, 3.05) is 6.54 Å². The third kappa shape index (κ3) is 3.09. The van der Waals surface area contributed by atoms with Crippen molar-refractivity contribution in [1.29, 1.82) is 0 Å². The first-order valence-electron chi connectivity index (χ1n) is 6.27. The van der Waals surface area contributed by atoms with Crippen molar-refractivity contribution >= 4 is 11.9 Å². The van der Waals surface area contributed by atoms with Gasteiger partial charge in [-0.25, -0.2) is 4.79 Å². The second-order valence-corrected chi connectivity index (χ2v) is 4.63. The number of hydrogen-bond donors (Lipinski definition) is 1. The normalized spacial score (nSPS) is 16.4. The molecule has 4 nitrogen and oxygen atoms in total. The van der Waals surface area contributed by atoms with E-state index >= 15 is 0 Å². The highest BCUT2D eigenvalue weighted by Crippen LogP contribution is 2.15. The van der Waals surface area contributed by atoms with Crippen molar-refractivity contribution < 1.29 is 14.7 Å². The van der Waals surface area contributed by atoms with Gasteiger partial charge in [0.25, 0.3) is 0 Å². The standard InChI is InChI=1S/C14H17NO3/c16-13-7-2-1-3-8-15(13)10-11-5-4-6-12(9-11)14(17)18/h4-6,9H,1-3,7-8,10H2,(H,17,18). The number of carbonyl (C=O) groups excluding carboxylic acids is 1. The summed E-state index contributed by atoms with van der Waals surface area (Å²) in [4.78, 5) is 24.6. The van der Waals surface area contributed by atoms with E-state index < -0.39 is 5.97 Å². The summed E-state index contributed by atoms with van der Waals surface area (Å²) in [6.45, 7) is 1.29. The molecule has 1 fully saturated rings. The molecule has 2 rings (SSSR count). The molecule has 4 heteroatoms. The number of likely N-dealkylation sites (tertiary alicyclic amines) is 1. The van der Waals surface area contributed by atoms with Crippen LogP contribution in [0.15, 0.2) is 24.3 Å². The molecule has 1 N–H and O–H groups in total. The Balaban J connectivity index is 2.10. The molecule has 0 radical (unpaired) electrons. The molecule has 0 atom stereocenters. The number of aromatic carboxylic acids is 1. The largest absolute Gasteiger partial charge is 0.478 e. The van der Waals surface area contributed by atoms with Crippen molar-refractivity contribution in [3.05, 3.63) is 35.4 Å². The summed E-state index contributed by atoms with van der Waals surface area (Å²) in [5, 5.41) is 8.93. The van der Waals surface area contributed by atoms with E-state index in [1.807, 2.05) is 11.0 Å². The van der Waals surface area contributed by atoms with E-state index in [0.29, 0.717) is 13.0 Å². The van der Waals surface area contributed by atoms with Crippen LogP contribution in [0.2, 0.25) is 0 Å². The fourth-order valence-corrected chi connectivity index (χ4v) is 2.23. The molecule has 18 heavy (non-hydrogen) atoms. The maximum absolute atomic E-state index is 11.8. The second kappa shape index (κ2) is 5.67. The van der Waals surface area contributed by atoms with Gasteiger partial charge in [0.1, 0.15) is 0 Å². The average Bonchev–Trinajstić information content (AvgIpc) is 2.55. The van der Waals surface area contributed by atoms with E-state index in [1.54, 1.807) is 18.2 Å². The van der Waals surface area contributed by atoms with Gasteiger partial charge < -0.3 is 10.0 Å². The first-order valence-corrected chi connectivity index (χ1v) is 6.27. The monoisotopic (exact) mass is 247 g/mol. The van der Waals surface area contributed by atoms with Crippen molar-refractivity contribution in [2.24, 2.45) is 0 Å². The molecule has 1 aromatic rings. The van der Waals surface area contributed by atoms with Gasteiger partial charge in [-0.05, 0) is 30.5 Å². The van der Waals surface area contributed by atoms with Crippen molar-refractivity contribution in [3.8, 4) is 0 Å². The smallest absolute Gasteiger partial charge is 0.335 e. The van der Waals surface area contributed by atoms with Crippen LogP contribution in [0, 0.1) is 0 Å². The van der Waals surface area contributed by atoms with Crippen LogP contribution in [-0.4, -0.2) is 28.4 Å². The van der Waals surface area contributed by atoms with E-state index in [-0.39, 0.29) is 11.5 Å². The fourth-order valence-electron chi connectivity index (χ4n) is 2.23. The lowest BCUT2D eigenvalue weighted by Crippen LogP contribution is -2.29. The molecule has 0 aromatic heterocycles. The zero-order chi connectivity index (χ0) is 13.0. The molecular formula is C14H17NO3. The fraction of sp³-hybridized carbons (Fsp3) is 0.429. The molecule has 1 aliphatic rings. The first kappa shape index (κ1) is 12.6. The molecule has 0 unspecified atom stereocenters. The minimum absolute atomic E-state index is 0.174.